The molecule has 29 heavy (non-hydrogen) atoms. The summed E-state index contributed by atoms with van der Waals surface area (Å²) in [5, 5.41) is 11.2. The van der Waals surface area contributed by atoms with Crippen molar-refractivity contribution in [3.63, 3.8) is 0 Å². The molecule has 1 atom stereocenters. The van der Waals surface area contributed by atoms with E-state index in [1.165, 1.54) is 5.56 Å². The third-order valence-corrected chi connectivity index (χ3v) is 6.24. The van der Waals surface area contributed by atoms with Gasteiger partial charge in [0.15, 0.2) is 0 Å². The van der Waals surface area contributed by atoms with Gasteiger partial charge in [0.2, 0.25) is 0 Å². The first-order valence-corrected chi connectivity index (χ1v) is 10.3. The molecule has 5 heterocycles. The zero-order valence-electron chi connectivity index (χ0n) is 16.4. The van der Waals surface area contributed by atoms with E-state index in [1.54, 1.807) is 6.20 Å². The minimum Gasteiger partial charge on any atom is -0.376 e. The van der Waals surface area contributed by atoms with Gasteiger partial charge in [-0.15, -0.1) is 0 Å². The summed E-state index contributed by atoms with van der Waals surface area (Å²) in [7, 11) is 0. The van der Waals surface area contributed by atoms with Crippen LogP contribution in [0.1, 0.15) is 29.7 Å². The van der Waals surface area contributed by atoms with E-state index >= 15 is 0 Å². The smallest absolute Gasteiger partial charge is 0.141 e. The Bertz CT molecular complexity index is 1040. The number of hydrogen-bond donors (Lipinski definition) is 2. The summed E-state index contributed by atoms with van der Waals surface area (Å²) in [4.78, 5) is 10.0. The highest BCUT2D eigenvalue weighted by atomic mass is 16.3. The molecule has 3 aliphatic rings. The van der Waals surface area contributed by atoms with Crippen LogP contribution in [0.2, 0.25) is 0 Å². The number of aromatic nitrogens is 2. The second-order valence-corrected chi connectivity index (χ2v) is 8.21. The predicted octanol–water partition coefficient (Wildman–Crippen LogP) is 3.48. The minimum absolute atomic E-state index is 0.283. The Hall–Kier alpha value is -2.87. The van der Waals surface area contributed by atoms with Crippen LogP contribution in [0.15, 0.2) is 60.9 Å². The molecule has 6 rings (SSSR count). The molecular formula is C25H25N3O. The standard InChI is InChI=1S/C25H25N3O/c29-25(18-28-13-9-22(25)10-14-28)11-8-23-21(15-19-5-2-1-3-6-19)16-24(27-23)20-7-4-12-26-17-20/h1-7,12,16-17,22,27,29H,9-10,13-15,18H2. The van der Waals surface area contributed by atoms with Crippen molar-refractivity contribution < 1.29 is 5.11 Å². The summed E-state index contributed by atoms with van der Waals surface area (Å²) < 4.78 is 0. The van der Waals surface area contributed by atoms with Crippen molar-refractivity contribution in [3.8, 4) is 23.1 Å². The fourth-order valence-corrected chi connectivity index (χ4v) is 4.59. The van der Waals surface area contributed by atoms with Crippen LogP contribution in [0.5, 0.6) is 0 Å². The summed E-state index contributed by atoms with van der Waals surface area (Å²) in [6.45, 7) is 2.83. The first-order chi connectivity index (χ1) is 14.2. The predicted molar refractivity (Wildman–Crippen MR) is 114 cm³/mol. The number of aliphatic hydroxyl groups is 1. The van der Waals surface area contributed by atoms with Gasteiger partial charge in [-0.1, -0.05) is 36.3 Å². The third-order valence-electron chi connectivity index (χ3n) is 6.24. The number of fused-ring (bicyclic) bond motifs is 3. The van der Waals surface area contributed by atoms with Crippen LogP contribution in [0, 0.1) is 17.8 Å². The second-order valence-electron chi connectivity index (χ2n) is 8.21. The second kappa shape index (κ2) is 7.51. The zero-order valence-corrected chi connectivity index (χ0v) is 16.4. The summed E-state index contributed by atoms with van der Waals surface area (Å²) in [5.74, 6) is 6.85. The van der Waals surface area contributed by atoms with Gasteiger partial charge in [0.05, 0.1) is 5.69 Å². The Morgan fingerprint density at radius 2 is 1.97 bits per heavy atom. The molecule has 1 unspecified atom stereocenters. The number of nitrogens with zero attached hydrogens (tertiary/aromatic N) is 2. The van der Waals surface area contributed by atoms with Gasteiger partial charge >= 0.3 is 0 Å². The van der Waals surface area contributed by atoms with Crippen molar-refractivity contribution in [2.45, 2.75) is 24.9 Å². The van der Waals surface area contributed by atoms with E-state index in [9.17, 15) is 5.11 Å². The molecule has 3 aromatic rings. The number of H-pyrrole nitrogens is 1. The van der Waals surface area contributed by atoms with Gasteiger partial charge in [-0.25, -0.2) is 0 Å². The summed E-state index contributed by atoms with van der Waals surface area (Å²) >= 11 is 0. The molecule has 1 aromatic carbocycles. The molecule has 4 heteroatoms. The fourth-order valence-electron chi connectivity index (χ4n) is 4.59. The molecule has 4 nitrogen and oxygen atoms in total. The largest absolute Gasteiger partial charge is 0.376 e. The minimum atomic E-state index is -0.903. The number of aromatic amines is 1. The van der Waals surface area contributed by atoms with E-state index in [4.69, 9.17) is 0 Å². The maximum atomic E-state index is 11.2. The number of nitrogens with one attached hydrogen (secondary N) is 1. The number of hydrogen-bond acceptors (Lipinski definition) is 3. The van der Waals surface area contributed by atoms with Crippen molar-refractivity contribution in [1.29, 1.82) is 0 Å². The molecule has 2 N–H and O–H groups in total. The van der Waals surface area contributed by atoms with Crippen molar-refractivity contribution in [1.82, 2.24) is 14.9 Å². The first kappa shape index (κ1) is 18.2. The Labute approximate surface area is 171 Å². The zero-order chi connectivity index (χ0) is 19.7. The van der Waals surface area contributed by atoms with E-state index in [0.717, 1.165) is 54.9 Å². The van der Waals surface area contributed by atoms with Gasteiger partial charge in [0.1, 0.15) is 5.60 Å². The number of benzene rings is 1. The van der Waals surface area contributed by atoms with Gasteiger partial charge in [-0.3, -0.25) is 9.88 Å². The van der Waals surface area contributed by atoms with Gasteiger partial charge in [0.25, 0.3) is 0 Å². The molecule has 146 valence electrons. The lowest BCUT2D eigenvalue weighted by Crippen LogP contribution is -2.58. The average Bonchev–Trinajstić information content (AvgIpc) is 3.17. The highest BCUT2D eigenvalue weighted by Crippen LogP contribution is 2.35. The monoisotopic (exact) mass is 383 g/mol. The molecule has 0 saturated carbocycles. The van der Waals surface area contributed by atoms with E-state index < -0.39 is 5.60 Å². The van der Waals surface area contributed by atoms with E-state index in [2.05, 4.69) is 57.0 Å². The molecular weight excluding hydrogens is 358 g/mol. The van der Waals surface area contributed by atoms with Crippen LogP contribution in [0.3, 0.4) is 0 Å². The normalized spacial score (nSPS) is 25.4. The summed E-state index contributed by atoms with van der Waals surface area (Å²) in [6.07, 6.45) is 6.51. The number of pyridine rings is 1. The van der Waals surface area contributed by atoms with Crippen LogP contribution < -0.4 is 0 Å². The van der Waals surface area contributed by atoms with Crippen LogP contribution in [0.4, 0.5) is 0 Å². The van der Waals surface area contributed by atoms with E-state index in [0.29, 0.717) is 6.54 Å². The van der Waals surface area contributed by atoms with Crippen molar-refractivity contribution in [3.05, 3.63) is 77.7 Å². The lowest BCUT2D eigenvalue weighted by Gasteiger charge is -2.47. The topological polar surface area (TPSA) is 52.1 Å². The summed E-state index contributed by atoms with van der Waals surface area (Å²) in [6, 6.07) is 16.6. The van der Waals surface area contributed by atoms with Crippen molar-refractivity contribution in [2.75, 3.05) is 19.6 Å². The van der Waals surface area contributed by atoms with E-state index in [1.807, 2.05) is 24.4 Å². The van der Waals surface area contributed by atoms with Crippen LogP contribution >= 0.6 is 0 Å². The third kappa shape index (κ3) is 3.72. The summed E-state index contributed by atoms with van der Waals surface area (Å²) in [5.41, 5.74) is 4.42. The maximum absolute atomic E-state index is 11.2. The molecule has 0 aliphatic carbocycles. The molecule has 0 amide bonds. The van der Waals surface area contributed by atoms with Crippen molar-refractivity contribution >= 4 is 0 Å². The molecule has 3 fully saturated rings. The Morgan fingerprint density at radius 3 is 2.66 bits per heavy atom. The highest BCUT2D eigenvalue weighted by Gasteiger charge is 2.44. The fraction of sp³-hybridized carbons (Fsp3) is 0.320. The molecule has 3 aliphatic heterocycles. The molecule has 2 aromatic heterocycles. The van der Waals surface area contributed by atoms with Crippen LogP contribution in [-0.4, -0.2) is 45.2 Å². The quantitative estimate of drug-likeness (QED) is 0.681. The Morgan fingerprint density at radius 1 is 1.14 bits per heavy atom. The van der Waals surface area contributed by atoms with Gasteiger partial charge in [-0.05, 0) is 61.2 Å². The Balaban J connectivity index is 1.50. The van der Waals surface area contributed by atoms with Crippen molar-refractivity contribution in [2.24, 2.45) is 5.92 Å². The maximum Gasteiger partial charge on any atom is 0.141 e. The van der Waals surface area contributed by atoms with Crippen LogP contribution in [-0.2, 0) is 6.42 Å². The van der Waals surface area contributed by atoms with Gasteiger partial charge < -0.3 is 10.1 Å². The first-order valence-electron chi connectivity index (χ1n) is 10.3. The molecule has 2 bridgehead atoms. The molecule has 0 spiro atoms. The Kier molecular flexibility index (Phi) is 4.71. The lowest BCUT2D eigenvalue weighted by molar-refractivity contribution is -0.0713. The SMILES string of the molecule is OC1(C#Cc2[nH]c(-c3cccnc3)cc2Cc2ccccc2)CN2CCC1CC2. The number of rotatable bonds is 3. The van der Waals surface area contributed by atoms with Gasteiger partial charge in [0, 0.05) is 42.5 Å². The average molecular weight is 383 g/mol. The molecule has 3 saturated heterocycles. The highest BCUT2D eigenvalue weighted by molar-refractivity contribution is 5.62. The van der Waals surface area contributed by atoms with Gasteiger partial charge in [-0.2, -0.15) is 0 Å². The number of piperidine rings is 3. The van der Waals surface area contributed by atoms with E-state index in [-0.39, 0.29) is 5.92 Å². The lowest BCUT2D eigenvalue weighted by atomic mass is 9.76. The van der Waals surface area contributed by atoms with Crippen LogP contribution in [0.25, 0.3) is 11.3 Å². The molecule has 0 radical (unpaired) electrons.